The summed E-state index contributed by atoms with van der Waals surface area (Å²) in [6.07, 6.45) is 6.69. The van der Waals surface area contributed by atoms with Crippen molar-refractivity contribution in [2.75, 3.05) is 7.11 Å². The summed E-state index contributed by atoms with van der Waals surface area (Å²) in [6.45, 7) is 0. The fraction of sp³-hybridized carbons (Fsp3) is 0.600. The SMILES string of the molecule is COC1CC(NC2CCCc3ccccc32)C1. The van der Waals surface area contributed by atoms with Gasteiger partial charge < -0.3 is 10.1 Å². The molecule has 1 unspecified atom stereocenters. The van der Waals surface area contributed by atoms with Gasteiger partial charge in [-0.05, 0) is 43.2 Å². The third-order valence-corrected chi connectivity index (χ3v) is 4.23. The second-order valence-corrected chi connectivity index (χ2v) is 5.34. The van der Waals surface area contributed by atoms with Crippen LogP contribution < -0.4 is 5.32 Å². The molecule has 1 atom stereocenters. The van der Waals surface area contributed by atoms with Crippen LogP contribution in [0.5, 0.6) is 0 Å². The second kappa shape index (κ2) is 4.79. The van der Waals surface area contributed by atoms with E-state index >= 15 is 0 Å². The van der Waals surface area contributed by atoms with Crippen LogP contribution in [-0.4, -0.2) is 19.3 Å². The first-order valence-corrected chi connectivity index (χ1v) is 6.73. The highest BCUT2D eigenvalue weighted by Gasteiger charge is 2.31. The van der Waals surface area contributed by atoms with Crippen LogP contribution in [0.2, 0.25) is 0 Å². The molecule has 0 aromatic heterocycles. The summed E-state index contributed by atoms with van der Waals surface area (Å²) in [5.41, 5.74) is 3.07. The Kier molecular flexibility index (Phi) is 3.17. The molecule has 1 aromatic carbocycles. The van der Waals surface area contributed by atoms with Crippen molar-refractivity contribution in [1.82, 2.24) is 5.32 Å². The van der Waals surface area contributed by atoms with E-state index < -0.39 is 0 Å². The van der Waals surface area contributed by atoms with Crippen molar-refractivity contribution in [3.63, 3.8) is 0 Å². The molecule has 0 aliphatic heterocycles. The van der Waals surface area contributed by atoms with E-state index in [-0.39, 0.29) is 0 Å². The topological polar surface area (TPSA) is 21.3 Å². The summed E-state index contributed by atoms with van der Waals surface area (Å²) in [4.78, 5) is 0. The molecule has 2 nitrogen and oxygen atoms in total. The predicted octanol–water partition coefficient (Wildman–Crippen LogP) is 2.83. The number of hydrogen-bond acceptors (Lipinski definition) is 2. The fourth-order valence-corrected chi connectivity index (χ4v) is 3.11. The highest BCUT2D eigenvalue weighted by molar-refractivity contribution is 5.32. The summed E-state index contributed by atoms with van der Waals surface area (Å²) < 4.78 is 5.34. The van der Waals surface area contributed by atoms with Gasteiger partial charge in [0.15, 0.2) is 0 Å². The van der Waals surface area contributed by atoms with Gasteiger partial charge in [0.25, 0.3) is 0 Å². The first-order valence-electron chi connectivity index (χ1n) is 6.73. The Morgan fingerprint density at radius 1 is 1.24 bits per heavy atom. The molecule has 1 N–H and O–H groups in total. The maximum atomic E-state index is 5.34. The Bertz CT molecular complexity index is 384. The molecule has 17 heavy (non-hydrogen) atoms. The number of aryl methyl sites for hydroxylation is 1. The lowest BCUT2D eigenvalue weighted by molar-refractivity contribution is 0.0135. The zero-order chi connectivity index (χ0) is 11.7. The average Bonchev–Trinajstić information content (AvgIpc) is 2.33. The van der Waals surface area contributed by atoms with E-state index in [1.165, 1.54) is 37.7 Å². The van der Waals surface area contributed by atoms with Gasteiger partial charge in [-0.15, -0.1) is 0 Å². The number of fused-ring (bicyclic) bond motifs is 1. The van der Waals surface area contributed by atoms with Crippen LogP contribution in [0.1, 0.15) is 42.9 Å². The normalized spacial score (nSPS) is 31.7. The second-order valence-electron chi connectivity index (χ2n) is 5.34. The van der Waals surface area contributed by atoms with Crippen LogP contribution >= 0.6 is 0 Å². The van der Waals surface area contributed by atoms with Crippen LogP contribution in [0.3, 0.4) is 0 Å². The number of benzene rings is 1. The molecule has 0 saturated heterocycles. The van der Waals surface area contributed by atoms with Gasteiger partial charge in [0.2, 0.25) is 0 Å². The van der Waals surface area contributed by atoms with E-state index in [1.807, 2.05) is 7.11 Å². The summed E-state index contributed by atoms with van der Waals surface area (Å²) in [5.74, 6) is 0. The maximum Gasteiger partial charge on any atom is 0.0601 e. The van der Waals surface area contributed by atoms with E-state index in [2.05, 4.69) is 29.6 Å². The molecule has 3 rings (SSSR count). The van der Waals surface area contributed by atoms with Gasteiger partial charge >= 0.3 is 0 Å². The van der Waals surface area contributed by atoms with E-state index in [9.17, 15) is 0 Å². The van der Waals surface area contributed by atoms with Gasteiger partial charge in [-0.1, -0.05) is 24.3 Å². The molecular formula is C15H21NO. The quantitative estimate of drug-likeness (QED) is 0.863. The van der Waals surface area contributed by atoms with Gasteiger partial charge in [-0.2, -0.15) is 0 Å². The van der Waals surface area contributed by atoms with Gasteiger partial charge in [0.05, 0.1) is 6.10 Å². The van der Waals surface area contributed by atoms with E-state index in [1.54, 1.807) is 5.56 Å². The van der Waals surface area contributed by atoms with Crippen LogP contribution in [0, 0.1) is 0 Å². The molecule has 2 heteroatoms. The first kappa shape index (κ1) is 11.2. The average molecular weight is 231 g/mol. The van der Waals surface area contributed by atoms with Gasteiger partial charge in [0.1, 0.15) is 0 Å². The molecule has 0 heterocycles. The minimum absolute atomic E-state index is 0.492. The highest BCUT2D eigenvalue weighted by Crippen LogP contribution is 2.32. The van der Waals surface area contributed by atoms with Crippen molar-refractivity contribution in [3.05, 3.63) is 35.4 Å². The minimum Gasteiger partial charge on any atom is -0.381 e. The molecule has 1 fully saturated rings. The van der Waals surface area contributed by atoms with Gasteiger partial charge in [-0.3, -0.25) is 0 Å². The lowest BCUT2D eigenvalue weighted by Crippen LogP contribution is -2.46. The van der Waals surface area contributed by atoms with E-state index in [0.717, 1.165) is 0 Å². The summed E-state index contributed by atoms with van der Waals surface area (Å²) in [5, 5.41) is 3.80. The molecule has 0 bridgehead atoms. The number of methoxy groups -OCH3 is 1. The molecule has 0 spiro atoms. The first-order chi connectivity index (χ1) is 8.36. The standard InChI is InChI=1S/C15H21NO/c1-17-13-9-12(10-13)16-15-8-4-6-11-5-2-3-7-14(11)15/h2-3,5,7,12-13,15-16H,4,6,8-10H2,1H3. The van der Waals surface area contributed by atoms with E-state index in [0.29, 0.717) is 18.2 Å². The summed E-state index contributed by atoms with van der Waals surface area (Å²) in [6, 6.07) is 10.1. The largest absolute Gasteiger partial charge is 0.381 e. The van der Waals surface area contributed by atoms with Crippen molar-refractivity contribution in [2.24, 2.45) is 0 Å². The predicted molar refractivity (Wildman–Crippen MR) is 69.1 cm³/mol. The Balaban J connectivity index is 1.65. The fourth-order valence-electron chi connectivity index (χ4n) is 3.11. The number of ether oxygens (including phenoxy) is 1. The number of hydrogen-bond donors (Lipinski definition) is 1. The monoisotopic (exact) mass is 231 g/mol. The lowest BCUT2D eigenvalue weighted by Gasteiger charge is -2.39. The molecular weight excluding hydrogens is 210 g/mol. The third-order valence-electron chi connectivity index (χ3n) is 4.23. The van der Waals surface area contributed by atoms with Crippen molar-refractivity contribution in [1.29, 1.82) is 0 Å². The van der Waals surface area contributed by atoms with E-state index in [4.69, 9.17) is 4.74 Å². The van der Waals surface area contributed by atoms with Crippen molar-refractivity contribution in [2.45, 2.75) is 50.3 Å². The van der Waals surface area contributed by atoms with Crippen molar-refractivity contribution >= 4 is 0 Å². The molecule has 1 saturated carbocycles. The van der Waals surface area contributed by atoms with Crippen LogP contribution in [0.25, 0.3) is 0 Å². The Morgan fingerprint density at radius 3 is 2.88 bits per heavy atom. The highest BCUT2D eigenvalue weighted by atomic mass is 16.5. The number of nitrogens with one attached hydrogen (secondary N) is 1. The van der Waals surface area contributed by atoms with Crippen LogP contribution in [-0.2, 0) is 11.2 Å². The summed E-state index contributed by atoms with van der Waals surface area (Å²) in [7, 11) is 1.82. The molecule has 0 radical (unpaired) electrons. The van der Waals surface area contributed by atoms with Crippen LogP contribution in [0.15, 0.2) is 24.3 Å². The number of rotatable bonds is 3. The summed E-state index contributed by atoms with van der Waals surface area (Å²) >= 11 is 0. The lowest BCUT2D eigenvalue weighted by atomic mass is 9.84. The van der Waals surface area contributed by atoms with Crippen LogP contribution in [0.4, 0.5) is 0 Å². The minimum atomic E-state index is 0.492. The maximum absolute atomic E-state index is 5.34. The molecule has 2 aliphatic rings. The van der Waals surface area contributed by atoms with Gasteiger partial charge in [0, 0.05) is 19.2 Å². The zero-order valence-corrected chi connectivity index (χ0v) is 10.5. The zero-order valence-electron chi connectivity index (χ0n) is 10.5. The Hall–Kier alpha value is -0.860. The van der Waals surface area contributed by atoms with Crippen molar-refractivity contribution in [3.8, 4) is 0 Å². The molecule has 92 valence electrons. The van der Waals surface area contributed by atoms with Crippen molar-refractivity contribution < 1.29 is 4.74 Å². The Morgan fingerprint density at radius 2 is 2.06 bits per heavy atom. The third kappa shape index (κ3) is 2.24. The molecule has 2 aliphatic carbocycles. The Labute approximate surface area is 103 Å². The van der Waals surface area contributed by atoms with Gasteiger partial charge in [-0.25, -0.2) is 0 Å². The molecule has 1 aromatic rings. The molecule has 0 amide bonds. The smallest absolute Gasteiger partial charge is 0.0601 e.